The summed E-state index contributed by atoms with van der Waals surface area (Å²) < 4.78 is 14.3. The van der Waals surface area contributed by atoms with Gasteiger partial charge < -0.3 is 10.2 Å². The number of nitrogens with one attached hydrogen (secondary N) is 1. The van der Waals surface area contributed by atoms with Gasteiger partial charge in [-0.15, -0.1) is 0 Å². The molecule has 0 heterocycles. The molecule has 2 aromatic rings. The van der Waals surface area contributed by atoms with Crippen molar-refractivity contribution in [2.75, 3.05) is 0 Å². The third-order valence-corrected chi connectivity index (χ3v) is 5.65. The molecule has 0 spiro atoms. The summed E-state index contributed by atoms with van der Waals surface area (Å²) in [6, 6.07) is 10.7. The van der Waals surface area contributed by atoms with Crippen molar-refractivity contribution in [3.05, 3.63) is 69.5 Å². The molecule has 2 aromatic carbocycles. The lowest BCUT2D eigenvalue weighted by Crippen LogP contribution is -2.51. The predicted molar refractivity (Wildman–Crippen MR) is 119 cm³/mol. The van der Waals surface area contributed by atoms with Crippen LogP contribution in [0.25, 0.3) is 0 Å². The van der Waals surface area contributed by atoms with Gasteiger partial charge in [-0.3, -0.25) is 9.59 Å². The van der Waals surface area contributed by atoms with Crippen LogP contribution in [-0.2, 0) is 22.6 Å². The van der Waals surface area contributed by atoms with Crippen LogP contribution < -0.4 is 5.32 Å². The fourth-order valence-corrected chi connectivity index (χ4v) is 3.46. The first-order valence-corrected chi connectivity index (χ1v) is 10.8. The molecule has 0 bridgehead atoms. The molecule has 0 aliphatic rings. The van der Waals surface area contributed by atoms with Gasteiger partial charge >= 0.3 is 0 Å². The molecule has 30 heavy (non-hydrogen) atoms. The van der Waals surface area contributed by atoms with Crippen molar-refractivity contribution in [1.82, 2.24) is 10.2 Å². The van der Waals surface area contributed by atoms with Crippen LogP contribution in [0.2, 0.25) is 10.0 Å². The number of amides is 2. The van der Waals surface area contributed by atoms with E-state index in [1.54, 1.807) is 30.3 Å². The monoisotopic (exact) mass is 452 g/mol. The SMILES string of the molecule is CC[C@@H](C)NC(=O)[C@H](CC)N(Cc1ccc(Cl)cc1)C(=O)Cc1c(F)cccc1Cl. The van der Waals surface area contributed by atoms with E-state index in [9.17, 15) is 14.0 Å². The Hall–Kier alpha value is -2.11. The van der Waals surface area contributed by atoms with Crippen molar-refractivity contribution in [3.63, 3.8) is 0 Å². The average Bonchev–Trinajstić information content (AvgIpc) is 2.71. The quantitative estimate of drug-likeness (QED) is 0.553. The zero-order chi connectivity index (χ0) is 22.3. The minimum Gasteiger partial charge on any atom is -0.352 e. The number of carbonyl (C=O) groups is 2. The number of benzene rings is 2. The molecule has 0 unspecified atom stereocenters. The minimum atomic E-state index is -0.687. The number of nitrogens with zero attached hydrogens (tertiary/aromatic N) is 1. The molecule has 2 atom stereocenters. The topological polar surface area (TPSA) is 49.4 Å². The molecule has 4 nitrogen and oxygen atoms in total. The molecule has 162 valence electrons. The Kier molecular flexibility index (Phi) is 9.12. The van der Waals surface area contributed by atoms with Crippen LogP contribution in [0.5, 0.6) is 0 Å². The van der Waals surface area contributed by atoms with Crippen molar-refractivity contribution in [2.45, 2.75) is 58.7 Å². The second-order valence-corrected chi connectivity index (χ2v) is 8.11. The highest BCUT2D eigenvalue weighted by atomic mass is 35.5. The standard InChI is InChI=1S/C23H27Cl2FN2O2/c1-4-15(3)27-23(30)21(5-2)28(14-16-9-11-17(24)12-10-16)22(29)13-18-19(25)7-6-8-20(18)26/h6-12,15,21H,4-5,13-14H2,1-3H3,(H,27,30)/t15-,21+/m1/s1. The Labute approximate surface area is 187 Å². The van der Waals surface area contributed by atoms with Crippen LogP contribution >= 0.6 is 23.2 Å². The van der Waals surface area contributed by atoms with E-state index < -0.39 is 11.9 Å². The van der Waals surface area contributed by atoms with Gasteiger partial charge in [0.2, 0.25) is 11.8 Å². The molecule has 7 heteroatoms. The molecular formula is C23H27Cl2FN2O2. The maximum absolute atomic E-state index is 14.3. The Morgan fingerprint density at radius 2 is 1.73 bits per heavy atom. The van der Waals surface area contributed by atoms with Gasteiger partial charge in [-0.25, -0.2) is 4.39 Å². The normalized spacial score (nSPS) is 12.9. The number of hydrogen-bond donors (Lipinski definition) is 1. The molecule has 0 saturated heterocycles. The summed E-state index contributed by atoms with van der Waals surface area (Å²) in [4.78, 5) is 27.6. The maximum atomic E-state index is 14.3. The van der Waals surface area contributed by atoms with E-state index in [1.165, 1.54) is 17.0 Å². The highest BCUT2D eigenvalue weighted by molar-refractivity contribution is 6.31. The van der Waals surface area contributed by atoms with Gasteiger partial charge in [0.1, 0.15) is 11.9 Å². The number of halogens is 3. The second kappa shape index (κ2) is 11.3. The number of hydrogen-bond acceptors (Lipinski definition) is 2. The fourth-order valence-electron chi connectivity index (χ4n) is 3.10. The Morgan fingerprint density at radius 1 is 1.07 bits per heavy atom. The molecule has 2 rings (SSSR count). The summed E-state index contributed by atoms with van der Waals surface area (Å²) in [7, 11) is 0. The van der Waals surface area contributed by atoms with Gasteiger partial charge in [-0.2, -0.15) is 0 Å². The van der Waals surface area contributed by atoms with Crippen molar-refractivity contribution >= 4 is 35.0 Å². The minimum absolute atomic E-state index is 0.0138. The van der Waals surface area contributed by atoms with Gasteiger partial charge in [0.15, 0.2) is 0 Å². The van der Waals surface area contributed by atoms with Crippen LogP contribution in [-0.4, -0.2) is 28.8 Å². The molecular weight excluding hydrogens is 426 g/mol. The van der Waals surface area contributed by atoms with E-state index in [1.807, 2.05) is 20.8 Å². The number of rotatable bonds is 9. The summed E-state index contributed by atoms with van der Waals surface area (Å²) in [5.41, 5.74) is 0.949. The van der Waals surface area contributed by atoms with Crippen LogP contribution in [0, 0.1) is 5.82 Å². The average molecular weight is 453 g/mol. The van der Waals surface area contributed by atoms with Gasteiger partial charge in [0, 0.05) is 28.2 Å². The van der Waals surface area contributed by atoms with Crippen molar-refractivity contribution < 1.29 is 14.0 Å². The van der Waals surface area contributed by atoms with Crippen LogP contribution in [0.1, 0.15) is 44.7 Å². The zero-order valence-corrected chi connectivity index (χ0v) is 18.9. The summed E-state index contributed by atoms with van der Waals surface area (Å²) in [5, 5.41) is 3.71. The predicted octanol–water partition coefficient (Wildman–Crippen LogP) is 5.40. The highest BCUT2D eigenvalue weighted by Crippen LogP contribution is 2.22. The lowest BCUT2D eigenvalue weighted by molar-refractivity contribution is -0.141. The van der Waals surface area contributed by atoms with E-state index in [2.05, 4.69) is 5.32 Å². The van der Waals surface area contributed by atoms with Crippen molar-refractivity contribution in [1.29, 1.82) is 0 Å². The first-order valence-electron chi connectivity index (χ1n) is 10.0. The first kappa shape index (κ1) is 24.2. The third kappa shape index (κ3) is 6.44. The van der Waals surface area contributed by atoms with Crippen LogP contribution in [0.15, 0.2) is 42.5 Å². The van der Waals surface area contributed by atoms with E-state index in [0.29, 0.717) is 11.4 Å². The number of carbonyl (C=O) groups excluding carboxylic acids is 2. The highest BCUT2D eigenvalue weighted by Gasteiger charge is 2.30. The van der Waals surface area contributed by atoms with Gasteiger partial charge in [0.25, 0.3) is 0 Å². The van der Waals surface area contributed by atoms with Crippen LogP contribution in [0.4, 0.5) is 4.39 Å². The van der Waals surface area contributed by atoms with E-state index >= 15 is 0 Å². The molecule has 0 aromatic heterocycles. The zero-order valence-electron chi connectivity index (χ0n) is 17.4. The van der Waals surface area contributed by atoms with Crippen LogP contribution in [0.3, 0.4) is 0 Å². The summed E-state index contributed by atoms with van der Waals surface area (Å²) in [5.74, 6) is -1.14. The van der Waals surface area contributed by atoms with Crippen molar-refractivity contribution in [2.24, 2.45) is 0 Å². The summed E-state index contributed by atoms with van der Waals surface area (Å²) in [6.45, 7) is 5.94. The third-order valence-electron chi connectivity index (χ3n) is 5.04. The van der Waals surface area contributed by atoms with Gasteiger partial charge in [0.05, 0.1) is 6.42 Å². The molecule has 0 radical (unpaired) electrons. The second-order valence-electron chi connectivity index (χ2n) is 7.27. The molecule has 1 N–H and O–H groups in total. The van der Waals surface area contributed by atoms with E-state index in [4.69, 9.17) is 23.2 Å². The largest absolute Gasteiger partial charge is 0.352 e. The first-order chi connectivity index (χ1) is 14.3. The summed E-state index contributed by atoms with van der Waals surface area (Å²) >= 11 is 12.1. The molecule has 2 amide bonds. The summed E-state index contributed by atoms with van der Waals surface area (Å²) in [6.07, 6.45) is 0.969. The molecule has 0 saturated carbocycles. The molecule has 0 aliphatic carbocycles. The Balaban J connectivity index is 2.34. The maximum Gasteiger partial charge on any atom is 0.243 e. The fraction of sp³-hybridized carbons (Fsp3) is 0.391. The molecule has 0 fully saturated rings. The smallest absolute Gasteiger partial charge is 0.243 e. The van der Waals surface area contributed by atoms with Gasteiger partial charge in [-0.1, -0.05) is 55.2 Å². The van der Waals surface area contributed by atoms with Crippen molar-refractivity contribution in [3.8, 4) is 0 Å². The lowest BCUT2D eigenvalue weighted by atomic mass is 10.1. The molecule has 0 aliphatic heterocycles. The Bertz CT molecular complexity index is 854. The van der Waals surface area contributed by atoms with E-state index in [-0.39, 0.29) is 41.4 Å². The van der Waals surface area contributed by atoms with E-state index in [0.717, 1.165) is 12.0 Å². The lowest BCUT2D eigenvalue weighted by Gasteiger charge is -2.31. The van der Waals surface area contributed by atoms with Gasteiger partial charge in [-0.05, 0) is 49.6 Å². The Morgan fingerprint density at radius 3 is 2.30 bits per heavy atom.